The Labute approximate surface area is 57.2 Å². The average Bonchev–Trinajstić information content (AvgIpc) is 1.81. The first kappa shape index (κ1) is 8.29. The molecular weight excluding hydrogens is 120 g/mol. The van der Waals surface area contributed by atoms with Crippen molar-refractivity contribution in [1.29, 1.82) is 0 Å². The van der Waals surface area contributed by atoms with Gasteiger partial charge in [-0.2, -0.15) is 0 Å². The molecule has 1 radical (unpaired) electrons. The van der Waals surface area contributed by atoms with Gasteiger partial charge >= 0.3 is 0 Å². The summed E-state index contributed by atoms with van der Waals surface area (Å²) in [5.74, 6) is 0.712. The van der Waals surface area contributed by atoms with Gasteiger partial charge in [-0.1, -0.05) is 26.2 Å². The molecule has 0 fully saturated rings. The predicted molar refractivity (Wildman–Crippen MR) is 39.2 cm³/mol. The molecule has 0 aliphatic heterocycles. The topological polar surface area (TPSA) is 0 Å². The van der Waals surface area contributed by atoms with E-state index in [0.717, 1.165) is 0 Å². The monoisotopic (exact) mass is 133 g/mol. The van der Waals surface area contributed by atoms with Crippen molar-refractivity contribution in [2.24, 2.45) is 0 Å². The van der Waals surface area contributed by atoms with Crippen LogP contribution in [-0.4, -0.2) is 5.88 Å². The Morgan fingerprint density at radius 3 is 2.62 bits per heavy atom. The van der Waals surface area contributed by atoms with Gasteiger partial charge in [0.25, 0.3) is 0 Å². The van der Waals surface area contributed by atoms with Crippen molar-refractivity contribution in [3.8, 4) is 0 Å². The lowest BCUT2D eigenvalue weighted by molar-refractivity contribution is 0.711. The molecule has 0 aromatic heterocycles. The lowest BCUT2D eigenvalue weighted by Crippen LogP contribution is -1.77. The molecule has 0 aromatic carbocycles. The highest BCUT2D eigenvalue weighted by molar-refractivity contribution is 6.18. The molecule has 0 nitrogen and oxygen atoms in total. The quantitative estimate of drug-likeness (QED) is 0.400. The van der Waals surface area contributed by atoms with Crippen LogP contribution < -0.4 is 0 Å². The summed E-state index contributed by atoms with van der Waals surface area (Å²) in [5.41, 5.74) is 0. The van der Waals surface area contributed by atoms with Crippen LogP contribution in [0.25, 0.3) is 0 Å². The molecule has 0 unspecified atom stereocenters. The molecule has 0 atom stereocenters. The van der Waals surface area contributed by atoms with Crippen LogP contribution in [0.2, 0.25) is 0 Å². The number of halogens is 1. The number of hydrogen-bond donors (Lipinski definition) is 0. The van der Waals surface area contributed by atoms with Crippen LogP contribution in [0.5, 0.6) is 0 Å². The average molecular weight is 134 g/mol. The third-order valence-electron chi connectivity index (χ3n) is 1.12. The summed E-state index contributed by atoms with van der Waals surface area (Å²) in [5, 5.41) is 0. The second-order valence-corrected chi connectivity index (χ2v) is 2.25. The van der Waals surface area contributed by atoms with Gasteiger partial charge < -0.3 is 0 Å². The fourth-order valence-corrected chi connectivity index (χ4v) is 0.770. The van der Waals surface area contributed by atoms with Crippen LogP contribution in [0.1, 0.15) is 32.6 Å². The van der Waals surface area contributed by atoms with Gasteiger partial charge in [0.1, 0.15) is 0 Å². The molecule has 8 heavy (non-hydrogen) atoms. The normalized spacial score (nSPS) is 9.75. The Kier molecular flexibility index (Phi) is 7.55. The van der Waals surface area contributed by atoms with E-state index in [1.54, 1.807) is 0 Å². The van der Waals surface area contributed by atoms with Crippen LogP contribution in [0.4, 0.5) is 0 Å². The highest BCUT2D eigenvalue weighted by Gasteiger charge is 1.84. The maximum Gasteiger partial charge on any atom is 0.0254 e. The molecule has 1 heteroatoms. The van der Waals surface area contributed by atoms with Crippen LogP contribution in [0.15, 0.2) is 0 Å². The Hall–Kier alpha value is 0.290. The lowest BCUT2D eigenvalue weighted by atomic mass is 10.2. The van der Waals surface area contributed by atoms with Crippen molar-refractivity contribution in [3.05, 3.63) is 6.42 Å². The van der Waals surface area contributed by atoms with E-state index >= 15 is 0 Å². The molecule has 0 N–H and O–H groups in total. The number of unbranched alkanes of at least 4 members (excludes halogenated alkanes) is 4. The predicted octanol–water partition coefficient (Wildman–Crippen LogP) is 3.01. The van der Waals surface area contributed by atoms with Crippen LogP contribution in [0.3, 0.4) is 0 Å². The summed E-state index contributed by atoms with van der Waals surface area (Å²) < 4.78 is 0. The molecular formula is C7H14Cl. The minimum atomic E-state index is 0.712. The highest BCUT2D eigenvalue weighted by Crippen LogP contribution is 2.01. The van der Waals surface area contributed by atoms with E-state index in [4.69, 9.17) is 11.6 Å². The summed E-state index contributed by atoms with van der Waals surface area (Å²) in [6, 6.07) is 0. The fraction of sp³-hybridized carbons (Fsp3) is 0.857. The zero-order chi connectivity index (χ0) is 6.24. The first-order valence-electron chi connectivity index (χ1n) is 3.29. The third kappa shape index (κ3) is 6.29. The molecule has 0 aliphatic carbocycles. The van der Waals surface area contributed by atoms with Gasteiger partial charge in [-0.15, -0.1) is 11.6 Å². The Morgan fingerprint density at radius 1 is 1.38 bits per heavy atom. The van der Waals surface area contributed by atoms with Gasteiger partial charge in [0.2, 0.25) is 0 Å². The molecule has 0 heterocycles. The molecule has 0 spiro atoms. The van der Waals surface area contributed by atoms with Crippen molar-refractivity contribution >= 4 is 11.6 Å². The summed E-state index contributed by atoms with van der Waals surface area (Å²) in [4.78, 5) is 0. The molecule has 0 bridgehead atoms. The van der Waals surface area contributed by atoms with Gasteiger partial charge in [-0.3, -0.25) is 0 Å². The summed E-state index contributed by atoms with van der Waals surface area (Å²) in [7, 11) is 0. The number of rotatable bonds is 5. The van der Waals surface area contributed by atoms with E-state index in [9.17, 15) is 0 Å². The van der Waals surface area contributed by atoms with Crippen molar-refractivity contribution < 1.29 is 0 Å². The van der Waals surface area contributed by atoms with Crippen LogP contribution in [0, 0.1) is 6.42 Å². The maximum atomic E-state index is 5.42. The fourth-order valence-electron chi connectivity index (χ4n) is 0.616. The molecule has 49 valence electrons. The summed E-state index contributed by atoms with van der Waals surface area (Å²) >= 11 is 5.42. The Balaban J connectivity index is 2.53. The van der Waals surface area contributed by atoms with Crippen molar-refractivity contribution in [3.63, 3.8) is 0 Å². The van der Waals surface area contributed by atoms with Crippen LogP contribution >= 0.6 is 11.6 Å². The first-order chi connectivity index (χ1) is 3.91. The van der Waals surface area contributed by atoms with Gasteiger partial charge in [-0.05, 0) is 12.8 Å². The number of hydrogen-bond acceptors (Lipinski definition) is 0. The minimum Gasteiger partial charge on any atom is -0.126 e. The molecule has 0 saturated heterocycles. The molecule has 0 amide bonds. The van der Waals surface area contributed by atoms with Gasteiger partial charge in [0, 0.05) is 5.88 Å². The van der Waals surface area contributed by atoms with E-state index in [2.05, 4.69) is 13.3 Å². The van der Waals surface area contributed by atoms with Gasteiger partial charge in [-0.25, -0.2) is 0 Å². The van der Waals surface area contributed by atoms with E-state index in [1.807, 2.05) is 0 Å². The van der Waals surface area contributed by atoms with Crippen molar-refractivity contribution in [2.75, 3.05) is 5.88 Å². The van der Waals surface area contributed by atoms with E-state index < -0.39 is 0 Å². The summed E-state index contributed by atoms with van der Waals surface area (Å²) in [6.45, 7) is 2.21. The Bertz CT molecular complexity index is 29.4. The SMILES string of the molecule is CCCCC[CH]CCl. The van der Waals surface area contributed by atoms with Crippen molar-refractivity contribution in [2.45, 2.75) is 32.6 Å². The highest BCUT2D eigenvalue weighted by atomic mass is 35.5. The van der Waals surface area contributed by atoms with Gasteiger partial charge in [0.05, 0.1) is 0 Å². The lowest BCUT2D eigenvalue weighted by Gasteiger charge is -1.92. The van der Waals surface area contributed by atoms with Crippen LogP contribution in [-0.2, 0) is 0 Å². The van der Waals surface area contributed by atoms with E-state index in [-0.39, 0.29) is 0 Å². The molecule has 0 saturated carbocycles. The third-order valence-corrected chi connectivity index (χ3v) is 1.34. The second-order valence-electron chi connectivity index (χ2n) is 1.94. The first-order valence-corrected chi connectivity index (χ1v) is 3.83. The second kappa shape index (κ2) is 7.29. The zero-order valence-electron chi connectivity index (χ0n) is 5.49. The van der Waals surface area contributed by atoms with E-state index in [1.165, 1.54) is 25.7 Å². The molecule has 0 rings (SSSR count). The zero-order valence-corrected chi connectivity index (χ0v) is 6.25. The Morgan fingerprint density at radius 2 is 2.12 bits per heavy atom. The summed E-state index contributed by atoms with van der Waals surface area (Å²) in [6.07, 6.45) is 7.27. The maximum absolute atomic E-state index is 5.42. The standard InChI is InChI=1S/C7H14Cl/c1-2-3-4-5-6-7-8/h6H,2-5,7H2,1H3. The molecule has 0 aromatic rings. The largest absolute Gasteiger partial charge is 0.126 e. The van der Waals surface area contributed by atoms with Crippen molar-refractivity contribution in [1.82, 2.24) is 0 Å². The smallest absolute Gasteiger partial charge is 0.0254 e. The number of alkyl halides is 1. The van der Waals surface area contributed by atoms with E-state index in [0.29, 0.717) is 5.88 Å². The minimum absolute atomic E-state index is 0.712. The van der Waals surface area contributed by atoms with Gasteiger partial charge in [0.15, 0.2) is 0 Å². The molecule has 0 aliphatic rings.